The Morgan fingerprint density at radius 3 is 2.82 bits per heavy atom. The minimum Gasteiger partial charge on any atom is -0.399 e. The summed E-state index contributed by atoms with van der Waals surface area (Å²) in [6, 6.07) is 10.6. The van der Waals surface area contributed by atoms with E-state index in [1.54, 1.807) is 11.3 Å². The Morgan fingerprint density at radius 1 is 1.41 bits per heavy atom. The molecule has 1 aromatic heterocycles. The van der Waals surface area contributed by atoms with Crippen molar-refractivity contribution in [2.45, 2.75) is 19.4 Å². The van der Waals surface area contributed by atoms with E-state index in [9.17, 15) is 0 Å². The molecule has 1 atom stereocenters. The third kappa shape index (κ3) is 3.13. The standard InChI is InChI=1S/C13H15IN2S/c1-2-11(13-4-3-7-17-13)16-12-6-5-9(15)8-10(12)14/h3-8,11,16H,2,15H2,1H3. The molecule has 1 heterocycles. The minimum absolute atomic E-state index is 0.382. The molecule has 0 fully saturated rings. The molecule has 1 aromatic carbocycles. The molecule has 0 saturated carbocycles. The maximum Gasteiger partial charge on any atom is 0.0604 e. The summed E-state index contributed by atoms with van der Waals surface area (Å²) in [5.74, 6) is 0. The van der Waals surface area contributed by atoms with Crippen molar-refractivity contribution in [1.82, 2.24) is 0 Å². The van der Waals surface area contributed by atoms with Gasteiger partial charge in [0.15, 0.2) is 0 Å². The number of benzene rings is 1. The zero-order chi connectivity index (χ0) is 12.3. The van der Waals surface area contributed by atoms with Crippen molar-refractivity contribution in [2.75, 3.05) is 11.1 Å². The molecule has 90 valence electrons. The summed E-state index contributed by atoms with van der Waals surface area (Å²) < 4.78 is 1.16. The van der Waals surface area contributed by atoms with Crippen molar-refractivity contribution in [2.24, 2.45) is 0 Å². The molecule has 0 amide bonds. The molecule has 1 unspecified atom stereocenters. The Hall–Kier alpha value is -0.750. The van der Waals surface area contributed by atoms with Gasteiger partial charge in [-0.1, -0.05) is 13.0 Å². The maximum absolute atomic E-state index is 5.75. The van der Waals surface area contributed by atoms with E-state index >= 15 is 0 Å². The molecule has 0 aliphatic carbocycles. The van der Waals surface area contributed by atoms with Crippen LogP contribution < -0.4 is 11.1 Å². The summed E-state index contributed by atoms with van der Waals surface area (Å²) in [5.41, 5.74) is 7.72. The summed E-state index contributed by atoms with van der Waals surface area (Å²) >= 11 is 4.11. The Kier molecular flexibility index (Phi) is 4.28. The molecule has 3 N–H and O–H groups in total. The Morgan fingerprint density at radius 2 is 2.24 bits per heavy atom. The minimum atomic E-state index is 0.382. The molecule has 4 heteroatoms. The summed E-state index contributed by atoms with van der Waals surface area (Å²) in [5, 5.41) is 5.69. The van der Waals surface area contributed by atoms with Crippen molar-refractivity contribution in [1.29, 1.82) is 0 Å². The molecule has 17 heavy (non-hydrogen) atoms. The highest BCUT2D eigenvalue weighted by atomic mass is 127. The third-order valence-electron chi connectivity index (χ3n) is 2.62. The molecule has 2 rings (SSSR count). The van der Waals surface area contributed by atoms with Crippen LogP contribution in [0.2, 0.25) is 0 Å². The first-order valence-corrected chi connectivity index (χ1v) is 7.51. The number of hydrogen-bond donors (Lipinski definition) is 2. The fourth-order valence-electron chi connectivity index (χ4n) is 1.70. The van der Waals surface area contributed by atoms with Gasteiger partial charge in [0.1, 0.15) is 0 Å². The van der Waals surface area contributed by atoms with E-state index in [2.05, 4.69) is 52.3 Å². The van der Waals surface area contributed by atoms with E-state index in [1.807, 2.05) is 18.2 Å². The second-order valence-corrected chi connectivity index (χ2v) is 6.00. The third-order valence-corrected chi connectivity index (χ3v) is 4.50. The molecule has 0 saturated heterocycles. The molecular formula is C13H15IN2S. The van der Waals surface area contributed by atoms with Crippen molar-refractivity contribution >= 4 is 45.3 Å². The lowest BCUT2D eigenvalue weighted by molar-refractivity contribution is 0.763. The normalized spacial score (nSPS) is 12.4. The number of thiophene rings is 1. The lowest BCUT2D eigenvalue weighted by Crippen LogP contribution is -2.09. The quantitative estimate of drug-likeness (QED) is 0.624. The first-order chi connectivity index (χ1) is 8.20. The first-order valence-electron chi connectivity index (χ1n) is 5.55. The van der Waals surface area contributed by atoms with Gasteiger partial charge >= 0.3 is 0 Å². The van der Waals surface area contributed by atoms with Crippen molar-refractivity contribution in [3.63, 3.8) is 0 Å². The molecule has 2 aromatic rings. The van der Waals surface area contributed by atoms with Crippen LogP contribution in [0.5, 0.6) is 0 Å². The molecule has 0 spiro atoms. The lowest BCUT2D eigenvalue weighted by atomic mass is 10.1. The topological polar surface area (TPSA) is 38.0 Å². The Balaban J connectivity index is 2.19. The average molecular weight is 358 g/mol. The Bertz CT molecular complexity index is 482. The van der Waals surface area contributed by atoms with Crippen LogP contribution >= 0.6 is 33.9 Å². The van der Waals surface area contributed by atoms with Gasteiger partial charge in [-0.15, -0.1) is 11.3 Å². The fourth-order valence-corrected chi connectivity index (χ4v) is 3.26. The van der Waals surface area contributed by atoms with Crippen LogP contribution in [0.4, 0.5) is 11.4 Å². The highest BCUT2D eigenvalue weighted by molar-refractivity contribution is 14.1. The number of nitrogen functional groups attached to an aromatic ring is 1. The van der Waals surface area contributed by atoms with E-state index in [1.165, 1.54) is 4.88 Å². The lowest BCUT2D eigenvalue weighted by Gasteiger charge is -2.18. The van der Waals surface area contributed by atoms with Crippen LogP contribution in [-0.4, -0.2) is 0 Å². The first kappa shape index (κ1) is 12.7. The number of halogens is 1. The van der Waals surface area contributed by atoms with Crippen molar-refractivity contribution in [3.8, 4) is 0 Å². The zero-order valence-corrected chi connectivity index (χ0v) is 12.6. The molecule has 0 bridgehead atoms. The van der Waals surface area contributed by atoms with Crippen molar-refractivity contribution < 1.29 is 0 Å². The van der Waals surface area contributed by atoms with Gasteiger partial charge < -0.3 is 11.1 Å². The molecule has 2 nitrogen and oxygen atoms in total. The summed E-state index contributed by atoms with van der Waals surface area (Å²) in [4.78, 5) is 1.38. The second kappa shape index (κ2) is 5.73. The average Bonchev–Trinajstić information content (AvgIpc) is 2.81. The summed E-state index contributed by atoms with van der Waals surface area (Å²) in [6.45, 7) is 2.20. The van der Waals surface area contributed by atoms with Crippen LogP contribution in [0.3, 0.4) is 0 Å². The number of nitrogens with two attached hydrogens (primary N) is 1. The summed E-state index contributed by atoms with van der Waals surface area (Å²) in [7, 11) is 0. The monoisotopic (exact) mass is 358 g/mol. The number of hydrogen-bond acceptors (Lipinski definition) is 3. The van der Waals surface area contributed by atoms with Gasteiger partial charge in [0, 0.05) is 19.8 Å². The van der Waals surface area contributed by atoms with Crippen LogP contribution in [0, 0.1) is 3.57 Å². The van der Waals surface area contributed by atoms with Gasteiger partial charge in [0.05, 0.1) is 6.04 Å². The largest absolute Gasteiger partial charge is 0.399 e. The van der Waals surface area contributed by atoms with E-state index < -0.39 is 0 Å². The number of rotatable bonds is 4. The smallest absolute Gasteiger partial charge is 0.0604 e. The van der Waals surface area contributed by atoms with E-state index in [0.717, 1.165) is 21.4 Å². The number of anilines is 2. The fraction of sp³-hybridized carbons (Fsp3) is 0.231. The highest BCUT2D eigenvalue weighted by Gasteiger charge is 2.11. The van der Waals surface area contributed by atoms with Gasteiger partial charge in [0.25, 0.3) is 0 Å². The Labute approximate surface area is 119 Å². The van der Waals surface area contributed by atoms with Crippen LogP contribution in [0.1, 0.15) is 24.3 Å². The predicted molar refractivity (Wildman–Crippen MR) is 84.5 cm³/mol. The molecular weight excluding hydrogens is 343 g/mol. The predicted octanol–water partition coefficient (Wildman–Crippen LogP) is 4.50. The van der Waals surface area contributed by atoms with Crippen LogP contribution in [0.15, 0.2) is 35.7 Å². The summed E-state index contributed by atoms with van der Waals surface area (Å²) in [6.07, 6.45) is 1.07. The van der Waals surface area contributed by atoms with Crippen LogP contribution in [0.25, 0.3) is 0 Å². The van der Waals surface area contributed by atoms with Gasteiger partial charge in [-0.2, -0.15) is 0 Å². The maximum atomic E-state index is 5.75. The molecule has 0 aliphatic rings. The SMILES string of the molecule is CCC(Nc1ccc(N)cc1I)c1cccs1. The van der Waals surface area contributed by atoms with Crippen molar-refractivity contribution in [3.05, 3.63) is 44.2 Å². The van der Waals surface area contributed by atoms with Gasteiger partial charge in [-0.05, 0) is 58.7 Å². The van der Waals surface area contributed by atoms with Gasteiger partial charge in [-0.25, -0.2) is 0 Å². The second-order valence-electron chi connectivity index (χ2n) is 3.86. The zero-order valence-electron chi connectivity index (χ0n) is 9.61. The van der Waals surface area contributed by atoms with E-state index in [4.69, 9.17) is 5.73 Å². The van der Waals surface area contributed by atoms with Gasteiger partial charge in [-0.3, -0.25) is 0 Å². The highest BCUT2D eigenvalue weighted by Crippen LogP contribution is 2.29. The van der Waals surface area contributed by atoms with Gasteiger partial charge in [0.2, 0.25) is 0 Å². The van der Waals surface area contributed by atoms with E-state index in [-0.39, 0.29) is 0 Å². The number of nitrogens with one attached hydrogen (secondary N) is 1. The van der Waals surface area contributed by atoms with Crippen LogP contribution in [-0.2, 0) is 0 Å². The van der Waals surface area contributed by atoms with E-state index in [0.29, 0.717) is 6.04 Å². The molecule has 0 radical (unpaired) electrons. The molecule has 0 aliphatic heterocycles.